The SMILES string of the molecule is CCn1nc(C)c2nc(N)n(Cc3cnccc3C)c21. The first-order chi connectivity index (χ1) is 9.61. The minimum atomic E-state index is 0.519. The van der Waals surface area contributed by atoms with Crippen LogP contribution in [0.1, 0.15) is 23.7 Å². The predicted octanol–water partition coefficient (Wildman–Crippen LogP) is 1.90. The number of hydrogen-bond acceptors (Lipinski definition) is 4. The lowest BCUT2D eigenvalue weighted by atomic mass is 10.1. The van der Waals surface area contributed by atoms with E-state index in [1.807, 2.05) is 28.4 Å². The van der Waals surface area contributed by atoms with Gasteiger partial charge >= 0.3 is 0 Å². The van der Waals surface area contributed by atoms with E-state index in [0.29, 0.717) is 12.5 Å². The highest BCUT2D eigenvalue weighted by Gasteiger charge is 2.17. The van der Waals surface area contributed by atoms with Crippen LogP contribution in [0.5, 0.6) is 0 Å². The van der Waals surface area contributed by atoms with Crippen LogP contribution in [-0.2, 0) is 13.1 Å². The molecule has 0 radical (unpaired) electrons. The lowest BCUT2D eigenvalue weighted by Gasteiger charge is -2.09. The van der Waals surface area contributed by atoms with Crippen molar-refractivity contribution in [2.45, 2.75) is 33.9 Å². The first-order valence-electron chi connectivity index (χ1n) is 6.70. The molecular formula is C14H18N6. The van der Waals surface area contributed by atoms with Crippen LogP contribution in [0.3, 0.4) is 0 Å². The van der Waals surface area contributed by atoms with Crippen molar-refractivity contribution in [3.8, 4) is 0 Å². The van der Waals surface area contributed by atoms with E-state index in [0.717, 1.165) is 29.0 Å². The molecule has 0 amide bonds. The van der Waals surface area contributed by atoms with Crippen molar-refractivity contribution < 1.29 is 0 Å². The van der Waals surface area contributed by atoms with E-state index >= 15 is 0 Å². The van der Waals surface area contributed by atoms with Crippen LogP contribution in [-0.4, -0.2) is 24.3 Å². The van der Waals surface area contributed by atoms with Crippen LogP contribution >= 0.6 is 0 Å². The number of hydrogen-bond donors (Lipinski definition) is 1. The van der Waals surface area contributed by atoms with E-state index in [-0.39, 0.29) is 0 Å². The average Bonchev–Trinajstić information content (AvgIpc) is 2.91. The largest absolute Gasteiger partial charge is 0.369 e. The minimum absolute atomic E-state index is 0.519. The van der Waals surface area contributed by atoms with Gasteiger partial charge in [-0.15, -0.1) is 0 Å². The monoisotopic (exact) mass is 270 g/mol. The van der Waals surface area contributed by atoms with Gasteiger partial charge in [-0.05, 0) is 38.0 Å². The van der Waals surface area contributed by atoms with Crippen LogP contribution in [0.15, 0.2) is 18.5 Å². The molecule has 0 aliphatic carbocycles. The summed E-state index contributed by atoms with van der Waals surface area (Å²) in [5.74, 6) is 0.519. The van der Waals surface area contributed by atoms with Gasteiger partial charge in [0.05, 0.1) is 12.2 Å². The molecule has 3 aromatic rings. The summed E-state index contributed by atoms with van der Waals surface area (Å²) in [6.45, 7) is 7.55. The molecule has 2 N–H and O–H groups in total. The number of nitrogens with zero attached hydrogens (tertiary/aromatic N) is 5. The van der Waals surface area contributed by atoms with Crippen molar-refractivity contribution in [1.29, 1.82) is 0 Å². The maximum atomic E-state index is 6.08. The molecule has 0 fully saturated rings. The van der Waals surface area contributed by atoms with Gasteiger partial charge in [0.2, 0.25) is 5.95 Å². The highest BCUT2D eigenvalue weighted by Crippen LogP contribution is 2.22. The second-order valence-electron chi connectivity index (χ2n) is 4.93. The molecular weight excluding hydrogens is 252 g/mol. The first-order valence-corrected chi connectivity index (χ1v) is 6.70. The molecule has 104 valence electrons. The van der Waals surface area contributed by atoms with E-state index in [4.69, 9.17) is 5.73 Å². The fraction of sp³-hybridized carbons (Fsp3) is 0.357. The van der Waals surface area contributed by atoms with Crippen LogP contribution in [0.2, 0.25) is 0 Å². The van der Waals surface area contributed by atoms with Crippen molar-refractivity contribution in [3.63, 3.8) is 0 Å². The number of aryl methyl sites for hydroxylation is 3. The summed E-state index contributed by atoms with van der Waals surface area (Å²) in [7, 11) is 0. The maximum Gasteiger partial charge on any atom is 0.202 e. The van der Waals surface area contributed by atoms with Crippen molar-refractivity contribution >= 4 is 17.1 Å². The summed E-state index contributed by atoms with van der Waals surface area (Å²) in [5.41, 5.74) is 11.2. The normalized spacial score (nSPS) is 11.3. The number of aromatic nitrogens is 5. The number of rotatable bonds is 3. The zero-order valence-corrected chi connectivity index (χ0v) is 12.0. The summed E-state index contributed by atoms with van der Waals surface area (Å²) in [5, 5.41) is 4.50. The Kier molecular flexibility index (Phi) is 2.93. The van der Waals surface area contributed by atoms with Gasteiger partial charge in [-0.25, -0.2) is 9.67 Å². The van der Waals surface area contributed by atoms with E-state index in [1.54, 1.807) is 6.20 Å². The summed E-state index contributed by atoms with van der Waals surface area (Å²) in [6.07, 6.45) is 3.67. The van der Waals surface area contributed by atoms with Gasteiger partial charge in [0.25, 0.3) is 0 Å². The number of pyridine rings is 1. The smallest absolute Gasteiger partial charge is 0.202 e. The molecule has 0 saturated carbocycles. The van der Waals surface area contributed by atoms with Crippen LogP contribution < -0.4 is 5.73 Å². The Hall–Kier alpha value is -2.37. The lowest BCUT2D eigenvalue weighted by Crippen LogP contribution is -2.10. The highest BCUT2D eigenvalue weighted by atomic mass is 15.4. The number of nitrogen functional groups attached to an aromatic ring is 1. The third kappa shape index (κ3) is 1.84. The third-order valence-corrected chi connectivity index (χ3v) is 3.60. The Morgan fingerprint density at radius 3 is 2.80 bits per heavy atom. The van der Waals surface area contributed by atoms with E-state index in [1.165, 1.54) is 5.56 Å². The van der Waals surface area contributed by atoms with Gasteiger partial charge in [-0.2, -0.15) is 5.10 Å². The van der Waals surface area contributed by atoms with Crippen molar-refractivity contribution in [2.75, 3.05) is 5.73 Å². The van der Waals surface area contributed by atoms with Gasteiger partial charge in [0.15, 0.2) is 5.65 Å². The summed E-state index contributed by atoms with van der Waals surface area (Å²) in [4.78, 5) is 8.63. The Labute approximate surface area is 117 Å². The zero-order valence-electron chi connectivity index (χ0n) is 12.0. The van der Waals surface area contributed by atoms with Gasteiger partial charge in [0, 0.05) is 18.9 Å². The summed E-state index contributed by atoms with van der Waals surface area (Å²) in [6, 6.07) is 2.00. The van der Waals surface area contributed by atoms with Gasteiger partial charge in [0.1, 0.15) is 5.52 Å². The molecule has 0 bridgehead atoms. The minimum Gasteiger partial charge on any atom is -0.369 e. The van der Waals surface area contributed by atoms with Crippen LogP contribution in [0.25, 0.3) is 11.2 Å². The molecule has 3 rings (SSSR count). The quantitative estimate of drug-likeness (QED) is 0.788. The van der Waals surface area contributed by atoms with E-state index in [9.17, 15) is 0 Å². The molecule has 0 saturated heterocycles. The molecule has 20 heavy (non-hydrogen) atoms. The maximum absolute atomic E-state index is 6.08. The summed E-state index contributed by atoms with van der Waals surface area (Å²) < 4.78 is 3.95. The molecule has 3 heterocycles. The number of nitrogens with two attached hydrogens (primary N) is 1. The van der Waals surface area contributed by atoms with Gasteiger partial charge in [-0.1, -0.05) is 0 Å². The molecule has 0 aliphatic rings. The molecule has 0 unspecified atom stereocenters. The van der Waals surface area contributed by atoms with E-state index < -0.39 is 0 Å². The fourth-order valence-corrected chi connectivity index (χ4v) is 2.45. The van der Waals surface area contributed by atoms with Crippen molar-refractivity contribution in [3.05, 3.63) is 35.3 Å². The third-order valence-electron chi connectivity index (χ3n) is 3.60. The molecule has 6 heteroatoms. The molecule has 0 aromatic carbocycles. The van der Waals surface area contributed by atoms with Crippen molar-refractivity contribution in [1.82, 2.24) is 24.3 Å². The molecule has 0 aliphatic heterocycles. The number of fused-ring (bicyclic) bond motifs is 1. The molecule has 6 nitrogen and oxygen atoms in total. The Balaban J connectivity index is 2.16. The van der Waals surface area contributed by atoms with Crippen LogP contribution in [0, 0.1) is 13.8 Å². The van der Waals surface area contributed by atoms with E-state index in [2.05, 4.69) is 28.9 Å². The number of imidazole rings is 1. The molecule has 0 spiro atoms. The Bertz CT molecular complexity index is 767. The average molecular weight is 270 g/mol. The Morgan fingerprint density at radius 1 is 1.30 bits per heavy atom. The fourth-order valence-electron chi connectivity index (χ4n) is 2.45. The van der Waals surface area contributed by atoms with Crippen LogP contribution in [0.4, 0.5) is 5.95 Å². The zero-order chi connectivity index (χ0) is 14.3. The standard InChI is InChI=1S/C14H18N6/c1-4-20-13-12(10(3)18-20)17-14(15)19(13)8-11-7-16-6-5-9(11)2/h5-7H,4,8H2,1-3H3,(H2,15,17). The summed E-state index contributed by atoms with van der Waals surface area (Å²) >= 11 is 0. The second kappa shape index (κ2) is 4.63. The Morgan fingerprint density at radius 2 is 2.10 bits per heavy atom. The van der Waals surface area contributed by atoms with Gasteiger partial charge < -0.3 is 5.73 Å². The molecule has 3 aromatic heterocycles. The number of anilines is 1. The van der Waals surface area contributed by atoms with Gasteiger partial charge in [-0.3, -0.25) is 9.55 Å². The predicted molar refractivity (Wildman–Crippen MR) is 78.4 cm³/mol. The topological polar surface area (TPSA) is 74.6 Å². The highest BCUT2D eigenvalue weighted by molar-refractivity contribution is 5.77. The second-order valence-corrected chi connectivity index (χ2v) is 4.93. The van der Waals surface area contributed by atoms with Crippen molar-refractivity contribution in [2.24, 2.45) is 0 Å². The molecule has 0 atom stereocenters. The lowest BCUT2D eigenvalue weighted by molar-refractivity contribution is 0.647. The first kappa shape index (κ1) is 12.7.